The van der Waals surface area contributed by atoms with E-state index in [4.69, 9.17) is 33.8 Å². The minimum atomic E-state index is -1.33. The van der Waals surface area contributed by atoms with Crippen LogP contribution < -0.4 is 44.6 Å². The first-order valence-electron chi connectivity index (χ1n) is 13.7. The van der Waals surface area contributed by atoms with Gasteiger partial charge < -0.3 is 59.9 Å². The van der Waals surface area contributed by atoms with Crippen LogP contribution in [-0.2, 0) is 30.4 Å². The van der Waals surface area contributed by atoms with Gasteiger partial charge in [0.25, 0.3) is 0 Å². The minimum Gasteiger partial charge on any atom is -0.508 e. The Morgan fingerprint density at radius 2 is 1.18 bits per heavy atom. The van der Waals surface area contributed by atoms with Crippen molar-refractivity contribution in [1.82, 2.24) is 16.0 Å². The quantitative estimate of drug-likeness (QED) is 0.0387. The lowest BCUT2D eigenvalue weighted by Crippen LogP contribution is -2.57. The Labute approximate surface area is 253 Å². The van der Waals surface area contributed by atoms with E-state index in [1.807, 2.05) is 0 Å². The third-order valence-electron chi connectivity index (χ3n) is 6.15. The fraction of sp³-hybridized carbons (Fsp3) is 0.500. The number of carbonyl (C=O) groups is 5. The standard InChI is InChI=1S/C26H42N10O8/c27-16(9-10-20(38)39)21(40)36-19(13-14-5-7-15(37)8-6-14)23(42)34-17(3-1-11-32-25(28)29)22(41)35-18(24(43)44)4-2-12-33-26(30)31/h5-8,16-19,37H,1-4,9-13,27H2,(H,34,42)(H,35,41)(H,36,40)(H,38,39)(H,43,44)(H4,28,29,32)(H4,30,31,33). The van der Waals surface area contributed by atoms with Gasteiger partial charge in [-0.1, -0.05) is 12.1 Å². The molecule has 1 rings (SSSR count). The number of guanidine groups is 2. The fourth-order valence-corrected chi connectivity index (χ4v) is 3.84. The molecular formula is C26H42N10O8. The van der Waals surface area contributed by atoms with Gasteiger partial charge in [0.2, 0.25) is 17.7 Å². The number of rotatable bonds is 20. The van der Waals surface area contributed by atoms with E-state index in [2.05, 4.69) is 25.9 Å². The number of aromatic hydroxyl groups is 1. The summed E-state index contributed by atoms with van der Waals surface area (Å²) in [7, 11) is 0. The smallest absolute Gasteiger partial charge is 0.326 e. The summed E-state index contributed by atoms with van der Waals surface area (Å²) in [6.45, 7) is 0.239. The maximum atomic E-state index is 13.5. The van der Waals surface area contributed by atoms with E-state index in [0.717, 1.165) is 0 Å². The lowest BCUT2D eigenvalue weighted by molar-refractivity contribution is -0.142. The van der Waals surface area contributed by atoms with Crippen molar-refractivity contribution in [3.05, 3.63) is 29.8 Å². The van der Waals surface area contributed by atoms with Crippen LogP contribution in [0.1, 0.15) is 44.1 Å². The molecule has 0 radical (unpaired) electrons. The Morgan fingerprint density at radius 1 is 0.705 bits per heavy atom. The third kappa shape index (κ3) is 15.2. The number of phenols is 1. The highest BCUT2D eigenvalue weighted by molar-refractivity contribution is 5.94. The molecule has 18 heteroatoms. The number of carboxylic acids is 2. The summed E-state index contributed by atoms with van der Waals surface area (Å²) >= 11 is 0. The van der Waals surface area contributed by atoms with Crippen molar-refractivity contribution >= 4 is 41.6 Å². The van der Waals surface area contributed by atoms with Crippen LogP contribution in [0.2, 0.25) is 0 Å². The second-order valence-electron chi connectivity index (χ2n) is 9.83. The van der Waals surface area contributed by atoms with Crippen LogP contribution >= 0.6 is 0 Å². The molecule has 4 atom stereocenters. The van der Waals surface area contributed by atoms with E-state index in [1.165, 1.54) is 24.3 Å². The number of hydrogen-bond acceptors (Lipinski definition) is 9. The van der Waals surface area contributed by atoms with Gasteiger partial charge in [-0.15, -0.1) is 0 Å². The molecule has 0 heterocycles. The highest BCUT2D eigenvalue weighted by Crippen LogP contribution is 2.12. The van der Waals surface area contributed by atoms with Crippen molar-refractivity contribution < 1.29 is 39.3 Å². The summed E-state index contributed by atoms with van der Waals surface area (Å²) in [6, 6.07) is 0.676. The van der Waals surface area contributed by atoms with E-state index in [1.54, 1.807) is 0 Å². The number of aliphatic imine (C=N–C) groups is 2. The van der Waals surface area contributed by atoms with Crippen molar-refractivity contribution in [3.63, 3.8) is 0 Å². The molecule has 0 fully saturated rings. The average Bonchev–Trinajstić information content (AvgIpc) is 2.94. The van der Waals surface area contributed by atoms with Gasteiger partial charge in [0.15, 0.2) is 11.9 Å². The highest BCUT2D eigenvalue weighted by atomic mass is 16.4. The Kier molecular flexibility index (Phi) is 16.0. The van der Waals surface area contributed by atoms with E-state index in [0.29, 0.717) is 5.56 Å². The molecule has 18 nitrogen and oxygen atoms in total. The van der Waals surface area contributed by atoms with Gasteiger partial charge in [0, 0.05) is 25.9 Å². The van der Waals surface area contributed by atoms with E-state index >= 15 is 0 Å². The predicted octanol–water partition coefficient (Wildman–Crippen LogP) is -3.23. The largest absolute Gasteiger partial charge is 0.508 e. The summed E-state index contributed by atoms with van der Waals surface area (Å²) in [4.78, 5) is 69.8. The molecule has 44 heavy (non-hydrogen) atoms. The number of benzene rings is 1. The van der Waals surface area contributed by atoms with Crippen molar-refractivity contribution in [2.45, 2.75) is 69.1 Å². The third-order valence-corrected chi connectivity index (χ3v) is 6.15. The van der Waals surface area contributed by atoms with Crippen LogP contribution in [0.25, 0.3) is 0 Å². The molecule has 0 bridgehead atoms. The second-order valence-corrected chi connectivity index (χ2v) is 9.83. The van der Waals surface area contributed by atoms with Crippen LogP contribution in [0, 0.1) is 0 Å². The molecule has 0 aliphatic heterocycles. The Bertz CT molecular complexity index is 1180. The first kappa shape index (κ1) is 36.9. The number of carboxylic acid groups (broad SMARTS) is 2. The van der Waals surface area contributed by atoms with Crippen LogP contribution in [0.3, 0.4) is 0 Å². The molecule has 0 aliphatic rings. The van der Waals surface area contributed by atoms with Crippen LogP contribution in [0.4, 0.5) is 0 Å². The molecule has 16 N–H and O–H groups in total. The molecule has 0 spiro atoms. The zero-order chi connectivity index (χ0) is 33.2. The van der Waals surface area contributed by atoms with Crippen LogP contribution in [-0.4, -0.2) is 94.2 Å². The lowest BCUT2D eigenvalue weighted by Gasteiger charge is -2.25. The molecule has 3 amide bonds. The fourth-order valence-electron chi connectivity index (χ4n) is 3.84. The number of aliphatic carboxylic acids is 2. The molecular weight excluding hydrogens is 580 g/mol. The van der Waals surface area contributed by atoms with Gasteiger partial charge in [-0.25, -0.2) is 4.79 Å². The highest BCUT2D eigenvalue weighted by Gasteiger charge is 2.30. The molecule has 4 unspecified atom stereocenters. The van der Waals surface area contributed by atoms with Gasteiger partial charge in [-0.05, 0) is 49.8 Å². The number of nitrogens with zero attached hydrogens (tertiary/aromatic N) is 2. The minimum absolute atomic E-state index is 0.00725. The maximum absolute atomic E-state index is 13.5. The van der Waals surface area contributed by atoms with Crippen LogP contribution in [0.5, 0.6) is 5.75 Å². The first-order valence-corrected chi connectivity index (χ1v) is 13.7. The monoisotopic (exact) mass is 622 g/mol. The van der Waals surface area contributed by atoms with Gasteiger partial charge in [0.05, 0.1) is 6.04 Å². The summed E-state index contributed by atoms with van der Waals surface area (Å²) in [5.74, 6) is -5.27. The first-order chi connectivity index (χ1) is 20.7. The zero-order valence-electron chi connectivity index (χ0n) is 24.1. The summed E-state index contributed by atoms with van der Waals surface area (Å²) < 4.78 is 0. The molecule has 1 aromatic rings. The second kappa shape index (κ2) is 19.1. The van der Waals surface area contributed by atoms with Crippen LogP contribution in [0.15, 0.2) is 34.3 Å². The number of hydrogen-bond donors (Lipinski definition) is 11. The van der Waals surface area contributed by atoms with Crippen molar-refractivity contribution in [3.8, 4) is 5.75 Å². The van der Waals surface area contributed by atoms with Crippen molar-refractivity contribution in [2.75, 3.05) is 13.1 Å². The molecule has 244 valence electrons. The summed E-state index contributed by atoms with van der Waals surface area (Å²) in [6.07, 6.45) is -0.225. The van der Waals surface area contributed by atoms with E-state index in [-0.39, 0.29) is 75.7 Å². The molecule has 0 saturated heterocycles. The molecule has 0 aromatic heterocycles. The molecule has 0 saturated carbocycles. The van der Waals surface area contributed by atoms with E-state index in [9.17, 15) is 34.2 Å². The summed E-state index contributed by atoms with van der Waals surface area (Å²) in [5, 5.41) is 35.6. The number of phenolic OH excluding ortho intramolecular Hbond substituents is 1. The molecule has 0 aliphatic carbocycles. The summed E-state index contributed by atoms with van der Waals surface area (Å²) in [5.41, 5.74) is 27.6. The molecule has 1 aromatic carbocycles. The van der Waals surface area contributed by atoms with Crippen molar-refractivity contribution in [2.24, 2.45) is 38.7 Å². The normalized spacial score (nSPS) is 13.3. The van der Waals surface area contributed by atoms with Gasteiger partial charge in [-0.3, -0.25) is 29.2 Å². The zero-order valence-corrected chi connectivity index (χ0v) is 24.1. The number of nitrogens with one attached hydrogen (secondary N) is 3. The van der Waals surface area contributed by atoms with Gasteiger partial charge >= 0.3 is 11.9 Å². The predicted molar refractivity (Wildman–Crippen MR) is 160 cm³/mol. The maximum Gasteiger partial charge on any atom is 0.326 e. The SMILES string of the molecule is NC(N)=NCCCC(NC(=O)C(CCCN=C(N)N)NC(=O)C(Cc1ccc(O)cc1)NC(=O)C(N)CCC(=O)O)C(=O)O. The van der Waals surface area contributed by atoms with Gasteiger partial charge in [0.1, 0.15) is 23.9 Å². The average molecular weight is 623 g/mol. The van der Waals surface area contributed by atoms with Gasteiger partial charge in [-0.2, -0.15) is 0 Å². The number of carbonyl (C=O) groups excluding carboxylic acids is 3. The number of nitrogens with two attached hydrogens (primary N) is 5. The van der Waals surface area contributed by atoms with Crippen molar-refractivity contribution in [1.29, 1.82) is 0 Å². The number of amides is 3. The Morgan fingerprint density at radius 3 is 1.68 bits per heavy atom. The lowest BCUT2D eigenvalue weighted by atomic mass is 10.0. The topological polar surface area (TPSA) is 337 Å². The Balaban J connectivity index is 3.17. The van der Waals surface area contributed by atoms with E-state index < -0.39 is 53.8 Å². The Hall–Kier alpha value is -5.13.